The molecule has 0 radical (unpaired) electrons. The molecule has 7 heteroatoms. The van der Waals surface area contributed by atoms with Gasteiger partial charge >= 0.3 is 5.97 Å². The molecule has 1 aromatic rings. The van der Waals surface area contributed by atoms with Crippen LogP contribution in [-0.2, 0) is 17.8 Å². The van der Waals surface area contributed by atoms with Crippen molar-refractivity contribution in [2.75, 3.05) is 13.7 Å². The third-order valence-corrected chi connectivity index (χ3v) is 9.47. The van der Waals surface area contributed by atoms with Crippen LogP contribution in [0.3, 0.4) is 0 Å². The van der Waals surface area contributed by atoms with E-state index in [4.69, 9.17) is 14.2 Å². The molecule has 2 N–H and O–H groups in total. The molecule has 5 atom stereocenters. The van der Waals surface area contributed by atoms with Crippen LogP contribution in [-0.4, -0.2) is 47.4 Å². The summed E-state index contributed by atoms with van der Waals surface area (Å²) >= 11 is 0. The molecule has 2 heterocycles. The number of hydrogen-bond acceptors (Lipinski definition) is 7. The molecule has 5 rings (SSSR count). The van der Waals surface area contributed by atoms with Crippen molar-refractivity contribution in [3.05, 3.63) is 22.3 Å². The molecule has 0 spiro atoms. The van der Waals surface area contributed by atoms with E-state index in [1.54, 1.807) is 0 Å². The fraction of sp³-hybridized carbons (Fsp3) is 0.680. The van der Waals surface area contributed by atoms with Crippen molar-refractivity contribution in [3.63, 3.8) is 0 Å². The first-order chi connectivity index (χ1) is 15.1. The third kappa shape index (κ3) is 2.39. The Labute approximate surface area is 188 Å². The van der Waals surface area contributed by atoms with Crippen molar-refractivity contribution in [3.8, 4) is 11.5 Å². The van der Waals surface area contributed by atoms with Crippen molar-refractivity contribution in [2.24, 2.45) is 16.7 Å². The number of hydrogen-bond donors (Lipinski definition) is 2. The maximum Gasteiger partial charge on any atom is 0.342 e. The predicted octanol–water partition coefficient (Wildman–Crippen LogP) is 3.20. The Morgan fingerprint density at radius 1 is 1.16 bits per heavy atom. The van der Waals surface area contributed by atoms with E-state index in [0.717, 1.165) is 25.5 Å². The topological polar surface area (TPSA) is 102 Å². The standard InChI is InChI=1S/C25H32O7/c1-22(13-27)6-5-7-23(2)17-10-14-19(32-24(17,3)8-9-25(22,23)29)15(11-26)16-12-31-21(28)18(16)20(14)30-4/h11,17,27,29H,5-10,12-13H2,1-4H3/t17-,22-,23-,24-,25-/m1/s1. The van der Waals surface area contributed by atoms with Gasteiger partial charge in [0.2, 0.25) is 0 Å². The number of cyclic esters (lactones) is 1. The maximum atomic E-state index is 12.5. The molecule has 0 amide bonds. The fourth-order valence-electron chi connectivity index (χ4n) is 7.54. The van der Waals surface area contributed by atoms with E-state index in [2.05, 4.69) is 13.8 Å². The average Bonchev–Trinajstić information content (AvgIpc) is 3.14. The molecule has 0 bridgehead atoms. The predicted molar refractivity (Wildman–Crippen MR) is 115 cm³/mol. The van der Waals surface area contributed by atoms with E-state index < -0.39 is 28.0 Å². The Morgan fingerprint density at radius 2 is 1.91 bits per heavy atom. The summed E-state index contributed by atoms with van der Waals surface area (Å²) in [5.41, 5.74) is -0.878. The van der Waals surface area contributed by atoms with E-state index in [1.807, 2.05) is 6.92 Å². The zero-order valence-corrected chi connectivity index (χ0v) is 19.2. The summed E-state index contributed by atoms with van der Waals surface area (Å²) in [7, 11) is 1.51. The third-order valence-electron chi connectivity index (χ3n) is 9.47. The lowest BCUT2D eigenvalue weighted by Gasteiger charge is -2.67. The first-order valence-electron chi connectivity index (χ1n) is 11.5. The number of aldehydes is 1. The molecule has 2 fully saturated rings. The van der Waals surface area contributed by atoms with Crippen LogP contribution >= 0.6 is 0 Å². The molecule has 0 unspecified atom stereocenters. The van der Waals surface area contributed by atoms with Gasteiger partial charge in [-0.3, -0.25) is 4.79 Å². The van der Waals surface area contributed by atoms with Crippen LogP contribution in [0.1, 0.15) is 84.7 Å². The highest BCUT2D eigenvalue weighted by atomic mass is 16.5. The number of fused-ring (bicyclic) bond motifs is 5. The van der Waals surface area contributed by atoms with Crippen molar-refractivity contribution in [1.82, 2.24) is 0 Å². The number of benzene rings is 1. The molecule has 32 heavy (non-hydrogen) atoms. The zero-order chi connectivity index (χ0) is 23.1. The Morgan fingerprint density at radius 3 is 2.56 bits per heavy atom. The first kappa shape index (κ1) is 21.7. The number of aliphatic hydroxyl groups excluding tert-OH is 1. The first-order valence-corrected chi connectivity index (χ1v) is 11.5. The van der Waals surface area contributed by atoms with Gasteiger partial charge in [-0.2, -0.15) is 0 Å². The van der Waals surface area contributed by atoms with Gasteiger partial charge in [0, 0.05) is 27.9 Å². The van der Waals surface area contributed by atoms with Gasteiger partial charge in [0.05, 0.1) is 24.9 Å². The van der Waals surface area contributed by atoms with E-state index in [0.29, 0.717) is 53.0 Å². The Hall–Kier alpha value is -2.12. The van der Waals surface area contributed by atoms with Crippen LogP contribution in [0.25, 0.3) is 0 Å². The summed E-state index contributed by atoms with van der Waals surface area (Å²) < 4.78 is 17.6. The lowest BCUT2D eigenvalue weighted by atomic mass is 9.42. The lowest BCUT2D eigenvalue weighted by Crippen LogP contribution is -2.71. The molecule has 2 aliphatic heterocycles. The van der Waals surface area contributed by atoms with Gasteiger partial charge in [0.25, 0.3) is 0 Å². The second-order valence-corrected chi connectivity index (χ2v) is 10.8. The van der Waals surface area contributed by atoms with Crippen molar-refractivity contribution in [1.29, 1.82) is 0 Å². The minimum Gasteiger partial charge on any atom is -0.495 e. The van der Waals surface area contributed by atoms with E-state index in [-0.39, 0.29) is 19.1 Å². The van der Waals surface area contributed by atoms with Crippen LogP contribution < -0.4 is 9.47 Å². The van der Waals surface area contributed by atoms with E-state index in [9.17, 15) is 19.8 Å². The molecule has 7 nitrogen and oxygen atoms in total. The van der Waals surface area contributed by atoms with Gasteiger partial charge in [0.15, 0.2) is 6.29 Å². The molecule has 0 aromatic heterocycles. The van der Waals surface area contributed by atoms with Gasteiger partial charge in [-0.1, -0.05) is 20.3 Å². The summed E-state index contributed by atoms with van der Waals surface area (Å²) in [5, 5.41) is 22.4. The molecule has 0 saturated heterocycles. The highest BCUT2D eigenvalue weighted by Gasteiger charge is 2.69. The average molecular weight is 445 g/mol. The van der Waals surface area contributed by atoms with Crippen LogP contribution in [0.2, 0.25) is 0 Å². The number of methoxy groups -OCH3 is 1. The summed E-state index contributed by atoms with van der Waals surface area (Å²) in [6, 6.07) is 0. The number of esters is 1. The van der Waals surface area contributed by atoms with Gasteiger partial charge in [-0.15, -0.1) is 0 Å². The van der Waals surface area contributed by atoms with Gasteiger partial charge in [0.1, 0.15) is 29.3 Å². The second kappa shape index (κ2) is 6.70. The molecule has 1 aromatic carbocycles. The number of carbonyl (C=O) groups excluding carboxylic acids is 2. The largest absolute Gasteiger partial charge is 0.495 e. The molecule has 174 valence electrons. The quantitative estimate of drug-likeness (QED) is 0.545. The Bertz CT molecular complexity index is 1020. The number of aliphatic hydroxyl groups is 2. The minimum atomic E-state index is -1.05. The number of rotatable bonds is 3. The summed E-state index contributed by atoms with van der Waals surface area (Å²) in [4.78, 5) is 24.6. The zero-order valence-electron chi connectivity index (χ0n) is 19.2. The minimum absolute atomic E-state index is 0.0295. The smallest absolute Gasteiger partial charge is 0.342 e. The SMILES string of the molecule is COc1c2c(c(C=O)c3c1C(=O)OC3)O[C@]1(C)CC[C@@]3(O)[C@@](C)(CO)CCC[C@]3(C)[C@H]1C2. The molecule has 4 aliphatic rings. The molecular formula is C25H32O7. The summed E-state index contributed by atoms with van der Waals surface area (Å²) in [6.45, 7) is 6.12. The Balaban J connectivity index is 1.71. The lowest BCUT2D eigenvalue weighted by molar-refractivity contribution is -0.273. The Kier molecular flexibility index (Phi) is 4.55. The van der Waals surface area contributed by atoms with Crippen LogP contribution in [0.15, 0.2) is 0 Å². The number of carbonyl (C=O) groups is 2. The molecule has 2 saturated carbocycles. The van der Waals surface area contributed by atoms with Gasteiger partial charge in [-0.25, -0.2) is 4.79 Å². The molecule has 2 aliphatic carbocycles. The fourth-order valence-corrected chi connectivity index (χ4v) is 7.54. The van der Waals surface area contributed by atoms with Crippen molar-refractivity contribution in [2.45, 2.75) is 77.1 Å². The second-order valence-electron chi connectivity index (χ2n) is 10.8. The van der Waals surface area contributed by atoms with Crippen molar-refractivity contribution >= 4 is 12.3 Å². The van der Waals surface area contributed by atoms with E-state index in [1.165, 1.54) is 7.11 Å². The summed E-state index contributed by atoms with van der Waals surface area (Å²) in [5.74, 6) is 0.301. The highest BCUT2D eigenvalue weighted by Crippen LogP contribution is 2.67. The monoisotopic (exact) mass is 444 g/mol. The van der Waals surface area contributed by atoms with Gasteiger partial charge < -0.3 is 24.4 Å². The van der Waals surface area contributed by atoms with Crippen LogP contribution in [0, 0.1) is 16.7 Å². The van der Waals surface area contributed by atoms with Gasteiger partial charge in [-0.05, 0) is 39.0 Å². The maximum absolute atomic E-state index is 12.5. The number of ether oxygens (including phenoxy) is 3. The normalized spacial score (nSPS) is 39.7. The van der Waals surface area contributed by atoms with Crippen LogP contribution in [0.5, 0.6) is 11.5 Å². The van der Waals surface area contributed by atoms with Crippen molar-refractivity contribution < 1.29 is 34.0 Å². The summed E-state index contributed by atoms with van der Waals surface area (Å²) in [6.07, 6.45) is 4.86. The van der Waals surface area contributed by atoms with Crippen LogP contribution in [0.4, 0.5) is 0 Å². The van der Waals surface area contributed by atoms with E-state index >= 15 is 0 Å². The highest BCUT2D eigenvalue weighted by molar-refractivity contribution is 6.01. The molecular weight excluding hydrogens is 412 g/mol.